The molecule has 27 heteroatoms. The van der Waals surface area contributed by atoms with Crippen LogP contribution in [0.2, 0.25) is 0 Å². The predicted molar refractivity (Wildman–Crippen MR) is 276 cm³/mol. The number of fused-ring (bicyclic) bond motifs is 1. The van der Waals surface area contributed by atoms with E-state index in [2.05, 4.69) is 57.5 Å². The number of aliphatic carboxylic acids is 1. The number of rotatable bonds is 16. The number of guanidine groups is 2. The first-order chi connectivity index (χ1) is 35.7. The zero-order valence-electron chi connectivity index (χ0n) is 41.9. The molecule has 1 aromatic heterocycles. The van der Waals surface area contributed by atoms with Crippen molar-refractivity contribution in [1.29, 1.82) is 0 Å². The van der Waals surface area contributed by atoms with Crippen LogP contribution in [-0.2, 0) is 60.8 Å². The first kappa shape index (κ1) is 60.5. The van der Waals surface area contributed by atoms with E-state index < -0.39 is 115 Å². The number of carboxylic acids is 1. The van der Waals surface area contributed by atoms with Gasteiger partial charge in [0.15, 0.2) is 11.9 Å². The third kappa shape index (κ3) is 22.7. The number of primary amides is 1. The second-order valence-corrected chi connectivity index (χ2v) is 17.4. The lowest BCUT2D eigenvalue weighted by Gasteiger charge is -2.26. The van der Waals surface area contributed by atoms with Gasteiger partial charge in [0.05, 0.1) is 13.0 Å². The van der Waals surface area contributed by atoms with E-state index in [9.17, 15) is 53.1 Å². The van der Waals surface area contributed by atoms with E-state index in [-0.39, 0.29) is 70.0 Å². The summed E-state index contributed by atoms with van der Waals surface area (Å²) in [5.41, 5.74) is 28.2. The van der Waals surface area contributed by atoms with Crippen LogP contribution in [0, 0.1) is 0 Å². The third-order valence-corrected chi connectivity index (χ3v) is 11.2. The zero-order valence-corrected chi connectivity index (χ0v) is 41.9. The first-order valence-corrected chi connectivity index (χ1v) is 24.2. The minimum Gasteiger partial charge on any atom is -0.480 e. The molecule has 408 valence electrons. The van der Waals surface area contributed by atoms with Gasteiger partial charge in [0.1, 0.15) is 36.3 Å². The van der Waals surface area contributed by atoms with Crippen molar-refractivity contribution in [3.05, 3.63) is 71.9 Å². The summed E-state index contributed by atoms with van der Waals surface area (Å²) in [5, 5.41) is 30.8. The minimum atomic E-state index is -1.74. The number of nitrogens with one attached hydrogen (secondary N) is 9. The highest BCUT2D eigenvalue weighted by atomic mass is 16.4. The Labute approximate surface area is 432 Å². The number of aliphatic imine (C=N–C) groups is 2. The number of hydrogen-bond donors (Lipinski definition) is 15. The van der Waals surface area contributed by atoms with Crippen LogP contribution in [0.25, 0.3) is 10.9 Å². The van der Waals surface area contributed by atoms with Gasteiger partial charge in [-0.05, 0) is 55.7 Å². The molecular formula is C48H70N16O11. The lowest BCUT2D eigenvalue weighted by molar-refractivity contribution is -0.142. The number of amides is 9. The second-order valence-electron chi connectivity index (χ2n) is 17.4. The summed E-state index contributed by atoms with van der Waals surface area (Å²) in [6.45, 7) is 3.23. The van der Waals surface area contributed by atoms with E-state index in [0.29, 0.717) is 11.1 Å². The van der Waals surface area contributed by atoms with Crippen LogP contribution in [0.3, 0.4) is 0 Å². The molecule has 3 unspecified atom stereocenters. The van der Waals surface area contributed by atoms with Gasteiger partial charge >= 0.3 is 5.97 Å². The van der Waals surface area contributed by atoms with E-state index in [1.165, 1.54) is 6.92 Å². The predicted octanol–water partition coefficient (Wildman–Crippen LogP) is -3.63. The molecule has 1 fully saturated rings. The quantitative estimate of drug-likeness (QED) is 0.0374. The number of carboxylic acid groups (broad SMARTS) is 1. The van der Waals surface area contributed by atoms with Gasteiger partial charge in [-0.1, -0.05) is 55.5 Å². The van der Waals surface area contributed by atoms with E-state index in [4.69, 9.17) is 28.7 Å². The molecule has 1 aliphatic rings. The van der Waals surface area contributed by atoms with Crippen LogP contribution >= 0.6 is 0 Å². The molecular weight excluding hydrogens is 977 g/mol. The lowest BCUT2D eigenvalue weighted by Crippen LogP contribution is -2.59. The number of H-pyrrole nitrogens is 1. The van der Waals surface area contributed by atoms with Crippen LogP contribution in [-0.4, -0.2) is 144 Å². The van der Waals surface area contributed by atoms with Crippen molar-refractivity contribution in [2.45, 2.75) is 114 Å². The molecule has 75 heavy (non-hydrogen) atoms. The number of aromatic amines is 1. The number of nitrogens with two attached hydrogens (primary N) is 5. The highest BCUT2D eigenvalue weighted by Crippen LogP contribution is 2.19. The Balaban J connectivity index is 0.00000197. The summed E-state index contributed by atoms with van der Waals surface area (Å²) in [7, 11) is 0. The Morgan fingerprint density at radius 3 is 2.01 bits per heavy atom. The van der Waals surface area contributed by atoms with Crippen molar-refractivity contribution >= 4 is 82.0 Å². The molecule has 1 saturated heterocycles. The fraction of sp³-hybridized carbons (Fsp3) is 0.458. The number of carbonyl (C=O) groups excluding carboxylic acids is 9. The topological polar surface area (TPSA) is 458 Å². The van der Waals surface area contributed by atoms with E-state index in [1.807, 2.05) is 13.0 Å². The van der Waals surface area contributed by atoms with Gasteiger partial charge in [-0.3, -0.25) is 53.1 Å². The average molecular weight is 1050 g/mol. The Kier molecular flexibility index (Phi) is 25.5. The molecule has 20 N–H and O–H groups in total. The zero-order chi connectivity index (χ0) is 55.5. The van der Waals surface area contributed by atoms with Gasteiger partial charge in [0.25, 0.3) is 0 Å². The van der Waals surface area contributed by atoms with Crippen LogP contribution in [0.5, 0.6) is 0 Å². The van der Waals surface area contributed by atoms with Crippen molar-refractivity contribution in [3.8, 4) is 0 Å². The molecule has 6 atom stereocenters. The minimum absolute atomic E-state index is 0.0127. The maximum Gasteiger partial charge on any atom is 0.326 e. The monoisotopic (exact) mass is 1050 g/mol. The molecule has 1 aliphatic heterocycles. The number of benzene rings is 2. The van der Waals surface area contributed by atoms with Crippen LogP contribution in [0.1, 0.15) is 76.3 Å². The van der Waals surface area contributed by atoms with Crippen molar-refractivity contribution in [3.63, 3.8) is 0 Å². The highest BCUT2D eigenvalue weighted by Gasteiger charge is 2.33. The largest absolute Gasteiger partial charge is 0.480 e. The van der Waals surface area contributed by atoms with Crippen LogP contribution in [0.4, 0.5) is 0 Å². The van der Waals surface area contributed by atoms with E-state index >= 15 is 0 Å². The summed E-state index contributed by atoms with van der Waals surface area (Å²) in [5.74, 6) is -9.20. The van der Waals surface area contributed by atoms with Gasteiger partial charge in [-0.2, -0.15) is 0 Å². The van der Waals surface area contributed by atoms with Crippen molar-refractivity contribution in [2.24, 2.45) is 38.7 Å². The van der Waals surface area contributed by atoms with Gasteiger partial charge in [0, 0.05) is 62.9 Å². The highest BCUT2D eigenvalue weighted by molar-refractivity contribution is 5.98. The third-order valence-electron chi connectivity index (χ3n) is 11.2. The van der Waals surface area contributed by atoms with Crippen LogP contribution in [0.15, 0.2) is 70.8 Å². The number of aromatic nitrogens is 1. The summed E-state index contributed by atoms with van der Waals surface area (Å²) < 4.78 is 0. The molecule has 0 saturated carbocycles. The molecule has 27 nitrogen and oxygen atoms in total. The number of para-hydroxylation sites is 1. The number of nitrogens with zero attached hydrogens (tertiary/aromatic N) is 2. The molecule has 9 amide bonds. The van der Waals surface area contributed by atoms with Gasteiger partial charge in [-0.15, -0.1) is 0 Å². The molecule has 0 spiro atoms. The fourth-order valence-electron chi connectivity index (χ4n) is 7.51. The van der Waals surface area contributed by atoms with Gasteiger partial charge in [-0.25, -0.2) is 4.79 Å². The summed E-state index contributed by atoms with van der Waals surface area (Å²) in [6.07, 6.45) is 0.940. The number of carbonyl (C=O) groups is 10. The lowest BCUT2D eigenvalue weighted by atomic mass is 10.0. The first-order valence-electron chi connectivity index (χ1n) is 24.2. The summed E-state index contributed by atoms with van der Waals surface area (Å²) >= 11 is 0. The van der Waals surface area contributed by atoms with Crippen molar-refractivity contribution < 1.29 is 53.1 Å². The van der Waals surface area contributed by atoms with Crippen molar-refractivity contribution in [1.82, 2.24) is 47.5 Å². The van der Waals surface area contributed by atoms with Gasteiger partial charge < -0.3 is 81.3 Å². The van der Waals surface area contributed by atoms with Gasteiger partial charge in [0.2, 0.25) is 53.2 Å². The Morgan fingerprint density at radius 1 is 0.733 bits per heavy atom. The van der Waals surface area contributed by atoms with Crippen LogP contribution < -0.4 is 71.2 Å². The standard InChI is InChI=1S/C44H59N13O11.C4H11N3/c1-24(58)52-29(13-7-18-49-44(46)47)39(63)54-30-15-16-36(60)48-17-8-14-31(43(67)68)55-41(65)33(20-26-22-50-28-12-6-5-11-27(26)28)53-37(61)23-51-38(62)32(19-25-9-3-2-4-10-25)56-42(66)34(21-35(45)59)57-40(30)64;1-2-3-7-4(5)6/h2-6,9-12,22,29-34,50H,7-8,13-21,23H2,1H3,(H2,45,59)(H,48,60)(H,51,62)(H,52,58)(H,53,61)(H,54,63)(H,55,65)(H,56,66)(H,57,64)(H,67,68)(H4,46,47,49);2-3H2,1H3,(H4,5,6,7)/t29-,30?,31?,32?,33-,34-;/m0./s1. The normalized spacial score (nSPS) is 19.8. The van der Waals surface area contributed by atoms with E-state index in [0.717, 1.165) is 23.9 Å². The van der Waals surface area contributed by atoms with Crippen molar-refractivity contribution in [2.75, 3.05) is 26.2 Å². The maximum absolute atomic E-state index is 14.0. The Hall–Kier alpha value is -8.78. The average Bonchev–Trinajstić information content (AvgIpc) is 3.77. The smallest absolute Gasteiger partial charge is 0.326 e. The second kappa shape index (κ2) is 31.6. The molecule has 0 bridgehead atoms. The molecule has 0 aliphatic carbocycles. The Bertz CT molecular complexity index is 2510. The molecule has 0 radical (unpaired) electrons. The summed E-state index contributed by atoms with van der Waals surface area (Å²) in [4.78, 5) is 143. The van der Waals surface area contributed by atoms with E-state index in [1.54, 1.807) is 54.7 Å². The molecule has 4 rings (SSSR count). The fourth-order valence-corrected chi connectivity index (χ4v) is 7.51. The number of hydrogen-bond acceptors (Lipinski definition) is 12. The maximum atomic E-state index is 14.0. The molecule has 2 aromatic carbocycles. The Morgan fingerprint density at radius 2 is 1.37 bits per heavy atom. The molecule has 3 aromatic rings. The SMILES string of the molecule is CC(=O)N[C@@H](CCCN=C(N)N)C(=O)NC1CCC(=O)NCCCC(C(=O)O)NC(=O)[C@H](Cc2c[nH]c3ccccc23)NC(=O)CNC(=O)C(Cc2ccccc2)NC(=O)[C@H](CC(N)=O)NC1=O.CCCN=C(N)N. The summed E-state index contributed by atoms with van der Waals surface area (Å²) in [6, 6.07) is 6.84. The molecule has 2 heterocycles.